The van der Waals surface area contributed by atoms with Crippen LogP contribution in [0.15, 0.2) is 65.8 Å². The van der Waals surface area contributed by atoms with Crippen LogP contribution >= 0.6 is 0 Å². The quantitative estimate of drug-likeness (QED) is 0.405. The van der Waals surface area contributed by atoms with Crippen molar-refractivity contribution in [1.29, 1.82) is 0 Å². The van der Waals surface area contributed by atoms with Gasteiger partial charge in [-0.25, -0.2) is 14.8 Å². The summed E-state index contributed by atoms with van der Waals surface area (Å²) in [5.74, 6) is -1.11. The van der Waals surface area contributed by atoms with Crippen molar-refractivity contribution in [3.05, 3.63) is 88.2 Å². The van der Waals surface area contributed by atoms with E-state index in [1.807, 2.05) is 30.3 Å². The van der Waals surface area contributed by atoms with Crippen molar-refractivity contribution in [3.8, 4) is 0 Å². The summed E-state index contributed by atoms with van der Waals surface area (Å²) in [7, 11) is 0. The third-order valence-electron chi connectivity index (χ3n) is 6.50. The maximum atomic E-state index is 13.3. The Morgan fingerprint density at radius 1 is 1.03 bits per heavy atom. The smallest absolute Gasteiger partial charge is 0.434 e. The van der Waals surface area contributed by atoms with Crippen LogP contribution in [0.25, 0.3) is 0 Å². The fraction of sp³-hybridized carbons (Fsp3) is 0.370. The molecule has 1 aliphatic carbocycles. The van der Waals surface area contributed by atoms with E-state index in [9.17, 15) is 27.6 Å². The van der Waals surface area contributed by atoms with E-state index in [0.29, 0.717) is 12.4 Å². The molecule has 0 bridgehead atoms. The second-order valence-corrected chi connectivity index (χ2v) is 9.25. The summed E-state index contributed by atoms with van der Waals surface area (Å²) in [6.07, 6.45) is 2.48. The summed E-state index contributed by atoms with van der Waals surface area (Å²) in [5, 5.41) is 2.58. The number of rotatable bonds is 8. The molecule has 1 amide bonds. The van der Waals surface area contributed by atoms with E-state index in [2.05, 4.69) is 15.3 Å². The number of carbonyl (C=O) groups is 2. The third kappa shape index (κ3) is 7.05. The van der Waals surface area contributed by atoms with E-state index in [1.165, 1.54) is 18.3 Å². The molecule has 2 heterocycles. The first-order valence-corrected chi connectivity index (χ1v) is 12.3. The van der Waals surface area contributed by atoms with E-state index in [4.69, 9.17) is 4.74 Å². The van der Waals surface area contributed by atoms with Crippen LogP contribution in [0.3, 0.4) is 0 Å². The van der Waals surface area contributed by atoms with Gasteiger partial charge < -0.3 is 10.1 Å². The largest absolute Gasteiger partial charge is 0.457 e. The molecule has 8 nitrogen and oxygen atoms in total. The van der Waals surface area contributed by atoms with Crippen LogP contribution in [0, 0.1) is 5.92 Å². The average Bonchev–Trinajstić information content (AvgIpc) is 2.92. The minimum absolute atomic E-state index is 0.0846. The van der Waals surface area contributed by atoms with E-state index in [-0.39, 0.29) is 30.3 Å². The van der Waals surface area contributed by atoms with Crippen molar-refractivity contribution < 1.29 is 27.5 Å². The van der Waals surface area contributed by atoms with Crippen molar-refractivity contribution in [2.45, 2.75) is 57.3 Å². The standard InChI is InChI=1S/C27H27F3N4O4/c28-27(29,30)22-16-34(24(35)15-31-22)21(13-18-7-3-1-4-8-18)25(36)33-23-12-11-20(14-32-23)26(37)38-17-19-9-5-2-6-10-19/h2,5-6,9-12,14-16,18,21H,1,3-4,7-8,13,17H2,(H,32,33,36)/t21-/m0/s1. The molecule has 0 saturated heterocycles. The molecular weight excluding hydrogens is 501 g/mol. The minimum atomic E-state index is -4.77. The monoisotopic (exact) mass is 528 g/mol. The van der Waals surface area contributed by atoms with Crippen LogP contribution in [-0.2, 0) is 22.3 Å². The van der Waals surface area contributed by atoms with Gasteiger partial charge in [0, 0.05) is 12.4 Å². The summed E-state index contributed by atoms with van der Waals surface area (Å²) in [6.45, 7) is 0.0849. The van der Waals surface area contributed by atoms with Crippen LogP contribution in [0.1, 0.15) is 66.2 Å². The second kappa shape index (κ2) is 12.0. The first-order valence-electron chi connectivity index (χ1n) is 12.3. The highest BCUT2D eigenvalue weighted by Crippen LogP contribution is 2.32. The fourth-order valence-corrected chi connectivity index (χ4v) is 4.50. The van der Waals surface area contributed by atoms with E-state index in [0.717, 1.165) is 42.2 Å². The number of hydrogen-bond acceptors (Lipinski definition) is 6. The van der Waals surface area contributed by atoms with Crippen molar-refractivity contribution in [1.82, 2.24) is 14.5 Å². The Morgan fingerprint density at radius 3 is 2.42 bits per heavy atom. The van der Waals surface area contributed by atoms with Crippen LogP contribution in [0.4, 0.5) is 19.0 Å². The number of amides is 1. The predicted molar refractivity (Wildman–Crippen MR) is 132 cm³/mol. The van der Waals surface area contributed by atoms with Crippen LogP contribution in [-0.4, -0.2) is 26.4 Å². The van der Waals surface area contributed by atoms with Crippen LogP contribution in [0.5, 0.6) is 0 Å². The van der Waals surface area contributed by atoms with Gasteiger partial charge in [0.2, 0.25) is 5.91 Å². The number of carbonyl (C=O) groups excluding carboxylic acids is 2. The molecule has 1 aromatic carbocycles. The molecule has 1 aliphatic rings. The highest BCUT2D eigenvalue weighted by atomic mass is 19.4. The Bertz CT molecular complexity index is 1300. The molecule has 0 spiro atoms. The van der Waals surface area contributed by atoms with Gasteiger partial charge in [-0.05, 0) is 30.0 Å². The molecule has 1 fully saturated rings. The van der Waals surface area contributed by atoms with E-state index in [1.54, 1.807) is 0 Å². The van der Waals surface area contributed by atoms with Gasteiger partial charge in [0.05, 0.1) is 11.8 Å². The number of ether oxygens (including phenoxy) is 1. The molecule has 38 heavy (non-hydrogen) atoms. The Hall–Kier alpha value is -4.02. The molecule has 3 aromatic rings. The molecule has 0 radical (unpaired) electrons. The molecule has 11 heteroatoms. The molecular formula is C27H27F3N4O4. The molecule has 1 atom stereocenters. The average molecular weight is 529 g/mol. The van der Waals surface area contributed by atoms with Gasteiger partial charge in [-0.15, -0.1) is 0 Å². The fourth-order valence-electron chi connectivity index (χ4n) is 4.50. The molecule has 2 aromatic heterocycles. The van der Waals surface area contributed by atoms with Gasteiger partial charge in [-0.3, -0.25) is 14.2 Å². The lowest BCUT2D eigenvalue weighted by molar-refractivity contribution is -0.142. The Balaban J connectivity index is 1.49. The lowest BCUT2D eigenvalue weighted by Gasteiger charge is -2.27. The van der Waals surface area contributed by atoms with E-state index >= 15 is 0 Å². The number of pyridine rings is 1. The van der Waals surface area contributed by atoms with Crippen LogP contribution < -0.4 is 10.9 Å². The van der Waals surface area contributed by atoms with E-state index < -0.39 is 35.3 Å². The number of benzene rings is 1. The highest BCUT2D eigenvalue weighted by molar-refractivity contribution is 5.94. The zero-order chi connectivity index (χ0) is 27.1. The van der Waals surface area contributed by atoms with Gasteiger partial charge in [0.25, 0.3) is 5.56 Å². The van der Waals surface area contributed by atoms with Gasteiger partial charge in [0.1, 0.15) is 18.5 Å². The summed E-state index contributed by atoms with van der Waals surface area (Å²) >= 11 is 0. The third-order valence-corrected chi connectivity index (χ3v) is 6.50. The van der Waals surface area contributed by atoms with Gasteiger partial charge in [-0.2, -0.15) is 13.2 Å². The summed E-state index contributed by atoms with van der Waals surface area (Å²) in [6, 6.07) is 10.8. The van der Waals surface area contributed by atoms with Gasteiger partial charge >= 0.3 is 12.1 Å². The first-order chi connectivity index (χ1) is 18.2. The Labute approximate surface area is 216 Å². The number of anilines is 1. The number of halogens is 3. The van der Waals surface area contributed by atoms with Crippen molar-refractivity contribution in [2.75, 3.05) is 5.32 Å². The zero-order valence-electron chi connectivity index (χ0n) is 20.5. The summed E-state index contributed by atoms with van der Waals surface area (Å²) in [4.78, 5) is 45.4. The summed E-state index contributed by atoms with van der Waals surface area (Å²) in [5.41, 5.74) is -1.08. The second-order valence-electron chi connectivity index (χ2n) is 9.25. The first kappa shape index (κ1) is 27.0. The zero-order valence-corrected chi connectivity index (χ0v) is 20.5. The van der Waals surface area contributed by atoms with Gasteiger partial charge in [-0.1, -0.05) is 62.4 Å². The highest BCUT2D eigenvalue weighted by Gasteiger charge is 2.35. The molecule has 1 saturated carbocycles. The topological polar surface area (TPSA) is 103 Å². The number of hydrogen-bond donors (Lipinski definition) is 1. The van der Waals surface area contributed by atoms with Crippen molar-refractivity contribution in [3.63, 3.8) is 0 Å². The SMILES string of the molecule is O=C(OCc1ccccc1)c1ccc(NC(=O)[C@H](CC2CCCCC2)n2cc(C(F)(F)F)ncc2=O)nc1. The number of nitrogens with zero attached hydrogens (tertiary/aromatic N) is 3. The maximum Gasteiger partial charge on any atom is 0.434 e. The molecule has 1 N–H and O–H groups in total. The lowest BCUT2D eigenvalue weighted by atomic mass is 9.84. The number of esters is 1. The molecule has 0 aliphatic heterocycles. The van der Waals surface area contributed by atoms with Crippen molar-refractivity contribution >= 4 is 17.7 Å². The number of aromatic nitrogens is 3. The minimum Gasteiger partial charge on any atom is -0.457 e. The Morgan fingerprint density at radius 2 is 1.76 bits per heavy atom. The Kier molecular flexibility index (Phi) is 8.55. The number of alkyl halides is 3. The van der Waals surface area contributed by atoms with Gasteiger partial charge in [0.15, 0.2) is 5.69 Å². The lowest BCUT2D eigenvalue weighted by Crippen LogP contribution is -2.36. The van der Waals surface area contributed by atoms with Crippen molar-refractivity contribution in [2.24, 2.45) is 5.92 Å². The van der Waals surface area contributed by atoms with Crippen LogP contribution in [0.2, 0.25) is 0 Å². The molecule has 200 valence electrons. The maximum absolute atomic E-state index is 13.3. The summed E-state index contributed by atoms with van der Waals surface area (Å²) < 4.78 is 46.0. The number of nitrogens with one attached hydrogen (secondary N) is 1. The molecule has 4 rings (SSSR count). The molecule has 0 unspecified atom stereocenters. The normalized spacial score (nSPS) is 15.0. The predicted octanol–water partition coefficient (Wildman–Crippen LogP) is 5.16.